The molecule has 1 aliphatic rings. The van der Waals surface area contributed by atoms with Crippen molar-refractivity contribution in [3.05, 3.63) is 48.0 Å². The Kier molecular flexibility index (Phi) is 2.41. The van der Waals surface area contributed by atoms with Crippen molar-refractivity contribution in [2.75, 3.05) is 0 Å². The number of hydrazone groups is 1. The number of benzene rings is 1. The van der Waals surface area contributed by atoms with Crippen LogP contribution in [0.4, 0.5) is 0 Å². The summed E-state index contributed by atoms with van der Waals surface area (Å²) in [7, 11) is 0. The van der Waals surface area contributed by atoms with E-state index in [1.54, 1.807) is 6.21 Å². The lowest BCUT2D eigenvalue weighted by Crippen LogP contribution is -2.26. The second-order valence-corrected chi connectivity index (χ2v) is 3.09. The second-order valence-electron chi connectivity index (χ2n) is 3.09. The lowest BCUT2D eigenvalue weighted by molar-refractivity contribution is 0.616. The summed E-state index contributed by atoms with van der Waals surface area (Å²) in [4.78, 5) is 0. The number of hydrogen-bond acceptors (Lipinski definition) is 2. The van der Waals surface area contributed by atoms with Crippen molar-refractivity contribution in [2.24, 2.45) is 5.10 Å². The van der Waals surface area contributed by atoms with Crippen molar-refractivity contribution in [1.29, 1.82) is 0 Å². The fourth-order valence-corrected chi connectivity index (χ4v) is 1.39. The molecular weight excluding hydrogens is 160 g/mol. The zero-order valence-electron chi connectivity index (χ0n) is 7.35. The molecular formula is C11H12N2. The molecule has 66 valence electrons. The Balaban J connectivity index is 1.99. The Bertz CT molecular complexity index is 314. The number of allylic oxidation sites excluding steroid dienone is 1. The molecule has 0 saturated heterocycles. The van der Waals surface area contributed by atoms with Crippen LogP contribution in [0.3, 0.4) is 0 Å². The Morgan fingerprint density at radius 1 is 1.23 bits per heavy atom. The average Bonchev–Trinajstić information content (AvgIpc) is 2.21. The van der Waals surface area contributed by atoms with E-state index >= 15 is 0 Å². The van der Waals surface area contributed by atoms with Gasteiger partial charge >= 0.3 is 0 Å². The van der Waals surface area contributed by atoms with Crippen molar-refractivity contribution in [2.45, 2.75) is 12.5 Å². The third-order valence-corrected chi connectivity index (χ3v) is 2.04. The second kappa shape index (κ2) is 3.90. The van der Waals surface area contributed by atoms with E-state index in [4.69, 9.17) is 0 Å². The van der Waals surface area contributed by atoms with Gasteiger partial charge in [0.1, 0.15) is 0 Å². The van der Waals surface area contributed by atoms with E-state index in [-0.39, 0.29) is 0 Å². The van der Waals surface area contributed by atoms with Crippen molar-refractivity contribution < 1.29 is 0 Å². The highest BCUT2D eigenvalue weighted by molar-refractivity contribution is 5.71. The molecule has 2 nitrogen and oxygen atoms in total. The normalized spacial score (nSPS) is 19.8. The van der Waals surface area contributed by atoms with Gasteiger partial charge in [0.05, 0.1) is 6.04 Å². The minimum atomic E-state index is 0.340. The molecule has 1 aliphatic heterocycles. The van der Waals surface area contributed by atoms with Gasteiger partial charge in [-0.05, 0) is 18.1 Å². The minimum absolute atomic E-state index is 0.340. The van der Waals surface area contributed by atoms with Crippen molar-refractivity contribution in [3.8, 4) is 0 Å². The maximum Gasteiger partial charge on any atom is 0.0664 e. The first-order valence-corrected chi connectivity index (χ1v) is 4.44. The Labute approximate surface area is 78.0 Å². The van der Waals surface area contributed by atoms with E-state index in [9.17, 15) is 0 Å². The number of nitrogens with zero attached hydrogens (tertiary/aromatic N) is 1. The maximum atomic E-state index is 3.99. The third-order valence-electron chi connectivity index (χ3n) is 2.04. The lowest BCUT2D eigenvalue weighted by atomic mass is 10.1. The largest absolute Gasteiger partial charge is 0.303 e. The molecule has 0 bridgehead atoms. The van der Waals surface area contributed by atoms with Gasteiger partial charge in [0, 0.05) is 6.21 Å². The number of hydrogen-bond donors (Lipinski definition) is 1. The molecule has 0 aromatic heterocycles. The van der Waals surface area contributed by atoms with Gasteiger partial charge < -0.3 is 5.43 Å². The van der Waals surface area contributed by atoms with Gasteiger partial charge in [-0.2, -0.15) is 5.10 Å². The molecule has 2 heteroatoms. The fourth-order valence-electron chi connectivity index (χ4n) is 1.39. The highest BCUT2D eigenvalue weighted by atomic mass is 15.3. The summed E-state index contributed by atoms with van der Waals surface area (Å²) in [6, 6.07) is 10.8. The summed E-state index contributed by atoms with van der Waals surface area (Å²) in [6.45, 7) is 0. The smallest absolute Gasteiger partial charge is 0.0664 e. The highest BCUT2D eigenvalue weighted by Crippen LogP contribution is 2.04. The summed E-state index contributed by atoms with van der Waals surface area (Å²) in [6.07, 6.45) is 6.86. The molecule has 1 aromatic rings. The van der Waals surface area contributed by atoms with Gasteiger partial charge in [-0.1, -0.05) is 36.4 Å². The molecule has 0 amide bonds. The zero-order chi connectivity index (χ0) is 8.93. The van der Waals surface area contributed by atoms with Crippen LogP contribution >= 0.6 is 0 Å². The highest BCUT2D eigenvalue weighted by Gasteiger charge is 2.04. The first-order chi connectivity index (χ1) is 6.45. The molecule has 13 heavy (non-hydrogen) atoms. The van der Waals surface area contributed by atoms with E-state index in [2.05, 4.69) is 40.9 Å². The van der Waals surface area contributed by atoms with Gasteiger partial charge in [-0.25, -0.2) is 0 Å². The fraction of sp³-hybridized carbons (Fsp3) is 0.182. The van der Waals surface area contributed by atoms with Crippen LogP contribution in [-0.2, 0) is 6.42 Å². The van der Waals surface area contributed by atoms with E-state index in [0.29, 0.717) is 6.04 Å². The molecule has 0 saturated carbocycles. The summed E-state index contributed by atoms with van der Waals surface area (Å²) in [5.74, 6) is 0. The third kappa shape index (κ3) is 2.18. The van der Waals surface area contributed by atoms with Gasteiger partial charge in [0.15, 0.2) is 0 Å². The average molecular weight is 172 g/mol. The Morgan fingerprint density at radius 3 is 2.77 bits per heavy atom. The molecule has 1 atom stereocenters. The molecule has 0 spiro atoms. The van der Waals surface area contributed by atoms with E-state index < -0.39 is 0 Å². The molecule has 1 heterocycles. The predicted octanol–water partition coefficient (Wildman–Crippen LogP) is 1.74. The maximum absolute atomic E-state index is 3.99. The van der Waals surface area contributed by atoms with Crippen LogP contribution in [0.1, 0.15) is 5.56 Å². The van der Waals surface area contributed by atoms with Crippen LogP contribution in [0.2, 0.25) is 0 Å². The Morgan fingerprint density at radius 2 is 2.08 bits per heavy atom. The van der Waals surface area contributed by atoms with E-state index in [0.717, 1.165) is 6.42 Å². The molecule has 0 fully saturated rings. The summed E-state index contributed by atoms with van der Waals surface area (Å²) >= 11 is 0. The zero-order valence-corrected chi connectivity index (χ0v) is 7.35. The monoisotopic (exact) mass is 172 g/mol. The topological polar surface area (TPSA) is 24.4 Å². The van der Waals surface area contributed by atoms with E-state index in [1.807, 2.05) is 12.1 Å². The SMILES string of the molecule is C1=CC(Cc2ccccc2)NN=C1. The van der Waals surface area contributed by atoms with E-state index in [1.165, 1.54) is 5.56 Å². The number of nitrogens with one attached hydrogen (secondary N) is 1. The summed E-state index contributed by atoms with van der Waals surface area (Å²) in [5, 5.41) is 3.99. The van der Waals surface area contributed by atoms with Gasteiger partial charge in [0.2, 0.25) is 0 Å². The molecule has 1 aromatic carbocycles. The lowest BCUT2D eigenvalue weighted by Gasteiger charge is -2.14. The van der Waals surface area contributed by atoms with Crippen molar-refractivity contribution >= 4 is 6.21 Å². The van der Waals surface area contributed by atoms with Gasteiger partial charge in [0.25, 0.3) is 0 Å². The summed E-state index contributed by atoms with van der Waals surface area (Å²) < 4.78 is 0. The first-order valence-electron chi connectivity index (χ1n) is 4.44. The van der Waals surface area contributed by atoms with Crippen LogP contribution in [0, 0.1) is 0 Å². The molecule has 0 radical (unpaired) electrons. The predicted molar refractivity (Wildman–Crippen MR) is 54.7 cm³/mol. The van der Waals surface area contributed by atoms with Gasteiger partial charge in [-0.15, -0.1) is 0 Å². The Hall–Kier alpha value is -1.57. The van der Waals surface area contributed by atoms with Crippen LogP contribution in [0.5, 0.6) is 0 Å². The summed E-state index contributed by atoms with van der Waals surface area (Å²) in [5.41, 5.74) is 4.39. The van der Waals surface area contributed by atoms with Crippen LogP contribution < -0.4 is 5.43 Å². The van der Waals surface area contributed by atoms with Crippen molar-refractivity contribution in [3.63, 3.8) is 0 Å². The van der Waals surface area contributed by atoms with Crippen LogP contribution in [0.15, 0.2) is 47.6 Å². The quantitative estimate of drug-likeness (QED) is 0.722. The minimum Gasteiger partial charge on any atom is -0.303 e. The first kappa shape index (κ1) is 8.05. The molecule has 0 aliphatic carbocycles. The van der Waals surface area contributed by atoms with Crippen LogP contribution in [0.25, 0.3) is 0 Å². The van der Waals surface area contributed by atoms with Gasteiger partial charge in [-0.3, -0.25) is 0 Å². The molecule has 2 rings (SSSR count). The van der Waals surface area contributed by atoms with Crippen LogP contribution in [-0.4, -0.2) is 12.3 Å². The standard InChI is InChI=1S/C11H12N2/c1-2-5-10(6-3-1)9-11-7-4-8-12-13-11/h1-8,11,13H,9H2. The molecule has 1 N–H and O–H groups in total. The number of rotatable bonds is 2. The van der Waals surface area contributed by atoms with Crippen molar-refractivity contribution in [1.82, 2.24) is 5.43 Å². The molecule has 1 unspecified atom stereocenters.